The third-order valence-corrected chi connectivity index (χ3v) is 2.93. The van der Waals surface area contributed by atoms with Gasteiger partial charge in [0, 0.05) is 31.1 Å². The molecule has 0 spiro atoms. The summed E-state index contributed by atoms with van der Waals surface area (Å²) < 4.78 is 0. The van der Waals surface area contributed by atoms with Crippen LogP contribution < -0.4 is 10.6 Å². The second-order valence-electron chi connectivity index (χ2n) is 3.79. The van der Waals surface area contributed by atoms with Gasteiger partial charge in [0.15, 0.2) is 10.9 Å². The van der Waals surface area contributed by atoms with Crippen LogP contribution in [0.3, 0.4) is 0 Å². The summed E-state index contributed by atoms with van der Waals surface area (Å²) in [4.78, 5) is 8.34. The molecule has 4 nitrogen and oxygen atoms in total. The summed E-state index contributed by atoms with van der Waals surface area (Å²) in [5, 5.41) is 7.08. The maximum Gasteiger partial charge on any atom is 0.171 e. The number of rotatable bonds is 4. The highest BCUT2D eigenvalue weighted by molar-refractivity contribution is 7.80. The van der Waals surface area contributed by atoms with Crippen molar-refractivity contribution in [3.8, 4) is 0 Å². The van der Waals surface area contributed by atoms with Crippen LogP contribution in [0.4, 0.5) is 5.82 Å². The van der Waals surface area contributed by atoms with Gasteiger partial charge in [0.1, 0.15) is 0 Å². The van der Waals surface area contributed by atoms with Crippen LogP contribution in [0.25, 0.3) is 0 Å². The van der Waals surface area contributed by atoms with Gasteiger partial charge >= 0.3 is 0 Å². The van der Waals surface area contributed by atoms with Crippen LogP contribution in [0.2, 0.25) is 5.02 Å². The van der Waals surface area contributed by atoms with Gasteiger partial charge in [0.2, 0.25) is 0 Å². The van der Waals surface area contributed by atoms with E-state index < -0.39 is 0 Å². The Hall–Kier alpha value is -1.72. The van der Waals surface area contributed by atoms with Crippen LogP contribution in [-0.2, 0) is 6.42 Å². The number of hydrogen-bond acceptors (Lipinski definition) is 3. The Morgan fingerprint density at radius 3 is 2.74 bits per heavy atom. The van der Waals surface area contributed by atoms with E-state index in [0.717, 1.165) is 12.1 Å². The van der Waals surface area contributed by atoms with Gasteiger partial charge in [-0.1, -0.05) is 17.7 Å². The molecule has 0 radical (unpaired) electrons. The number of halogens is 1. The number of thiocarbonyl (C=S) groups is 1. The highest BCUT2D eigenvalue weighted by atomic mass is 35.5. The Labute approximate surface area is 122 Å². The van der Waals surface area contributed by atoms with E-state index in [2.05, 4.69) is 20.6 Å². The lowest BCUT2D eigenvalue weighted by atomic mass is 10.3. The quantitative estimate of drug-likeness (QED) is 0.849. The summed E-state index contributed by atoms with van der Waals surface area (Å²) >= 11 is 11.1. The molecule has 0 atom stereocenters. The van der Waals surface area contributed by atoms with Gasteiger partial charge in [0.25, 0.3) is 0 Å². The number of hydrogen-bond donors (Lipinski definition) is 2. The van der Waals surface area contributed by atoms with Gasteiger partial charge in [-0.25, -0.2) is 4.98 Å². The topological polar surface area (TPSA) is 49.8 Å². The first-order chi connectivity index (χ1) is 9.25. The molecule has 2 N–H and O–H groups in total. The molecule has 2 rings (SSSR count). The zero-order valence-corrected chi connectivity index (χ0v) is 11.7. The van der Waals surface area contributed by atoms with Gasteiger partial charge in [-0.15, -0.1) is 0 Å². The fraction of sp³-hybridized carbons (Fsp3) is 0.154. The molecule has 98 valence electrons. The van der Waals surface area contributed by atoms with Crippen molar-refractivity contribution in [2.24, 2.45) is 0 Å². The second kappa shape index (κ2) is 7.01. The van der Waals surface area contributed by atoms with E-state index >= 15 is 0 Å². The highest BCUT2D eigenvalue weighted by Gasteiger charge is 2.02. The lowest BCUT2D eigenvalue weighted by molar-refractivity contribution is 0.847. The van der Waals surface area contributed by atoms with Crippen molar-refractivity contribution < 1.29 is 0 Å². The largest absolute Gasteiger partial charge is 0.362 e. The molecular weight excluding hydrogens is 280 g/mol. The summed E-state index contributed by atoms with van der Waals surface area (Å²) in [6.45, 7) is 0.702. The molecular formula is C13H13ClN4S. The van der Waals surface area contributed by atoms with Crippen LogP contribution >= 0.6 is 23.8 Å². The molecule has 2 aromatic rings. The fourth-order valence-corrected chi connectivity index (χ4v) is 1.85. The Kier molecular flexibility index (Phi) is 5.06. The Morgan fingerprint density at radius 2 is 2.00 bits per heavy atom. The number of pyridine rings is 2. The molecule has 2 aromatic heterocycles. The predicted octanol–water partition coefficient (Wildman–Crippen LogP) is 2.66. The molecule has 19 heavy (non-hydrogen) atoms. The highest BCUT2D eigenvalue weighted by Crippen LogP contribution is 2.16. The second-order valence-corrected chi connectivity index (χ2v) is 4.60. The molecule has 0 amide bonds. The SMILES string of the molecule is S=C(NCCc1ccccn1)Nc1ncccc1Cl. The van der Waals surface area contributed by atoms with E-state index in [1.807, 2.05) is 18.2 Å². The molecule has 0 aliphatic carbocycles. The molecule has 0 aromatic carbocycles. The average Bonchev–Trinajstić information content (AvgIpc) is 2.43. The lowest BCUT2D eigenvalue weighted by Gasteiger charge is -2.10. The summed E-state index contributed by atoms with van der Waals surface area (Å²) in [6, 6.07) is 9.37. The minimum atomic E-state index is 0.497. The van der Waals surface area contributed by atoms with E-state index in [1.54, 1.807) is 24.5 Å². The van der Waals surface area contributed by atoms with Gasteiger partial charge < -0.3 is 10.6 Å². The summed E-state index contributed by atoms with van der Waals surface area (Å²) in [6.07, 6.45) is 4.24. The van der Waals surface area contributed by atoms with Gasteiger partial charge in [-0.3, -0.25) is 4.98 Å². The predicted molar refractivity (Wildman–Crippen MR) is 81.4 cm³/mol. The van der Waals surface area contributed by atoms with Crippen LogP contribution in [0, 0.1) is 0 Å². The maximum atomic E-state index is 5.98. The van der Waals surface area contributed by atoms with Crippen LogP contribution in [-0.4, -0.2) is 21.6 Å². The first kappa shape index (κ1) is 13.7. The van der Waals surface area contributed by atoms with E-state index in [9.17, 15) is 0 Å². The first-order valence-corrected chi connectivity index (χ1v) is 6.59. The van der Waals surface area contributed by atoms with E-state index in [0.29, 0.717) is 22.5 Å². The van der Waals surface area contributed by atoms with Crippen molar-refractivity contribution in [3.05, 3.63) is 53.4 Å². The van der Waals surface area contributed by atoms with Crippen molar-refractivity contribution in [1.29, 1.82) is 0 Å². The molecule has 2 heterocycles. The molecule has 0 aliphatic heterocycles. The summed E-state index contributed by atoms with van der Waals surface area (Å²) in [7, 11) is 0. The normalized spacial score (nSPS) is 9.95. The molecule has 0 aliphatic rings. The summed E-state index contributed by atoms with van der Waals surface area (Å²) in [5.41, 5.74) is 1.02. The number of nitrogens with one attached hydrogen (secondary N) is 2. The first-order valence-electron chi connectivity index (χ1n) is 5.81. The van der Waals surface area contributed by atoms with Crippen molar-refractivity contribution in [1.82, 2.24) is 15.3 Å². The average molecular weight is 293 g/mol. The maximum absolute atomic E-state index is 5.98. The fourth-order valence-electron chi connectivity index (χ4n) is 1.48. The van der Waals surface area contributed by atoms with E-state index in [1.165, 1.54) is 0 Å². The summed E-state index contributed by atoms with van der Waals surface area (Å²) in [5.74, 6) is 0.555. The van der Waals surface area contributed by atoms with Crippen molar-refractivity contribution in [2.75, 3.05) is 11.9 Å². The third-order valence-electron chi connectivity index (χ3n) is 2.38. The third kappa shape index (κ3) is 4.46. The molecule has 0 fully saturated rings. The molecule has 0 saturated heterocycles. The van der Waals surface area contributed by atoms with Crippen LogP contribution in [0.5, 0.6) is 0 Å². The molecule has 0 bridgehead atoms. The van der Waals surface area contributed by atoms with Crippen molar-refractivity contribution in [3.63, 3.8) is 0 Å². The van der Waals surface area contributed by atoms with Crippen LogP contribution in [0.15, 0.2) is 42.7 Å². The molecule has 0 unspecified atom stereocenters. The lowest BCUT2D eigenvalue weighted by Crippen LogP contribution is -2.30. The van der Waals surface area contributed by atoms with Crippen molar-refractivity contribution in [2.45, 2.75) is 6.42 Å². The smallest absolute Gasteiger partial charge is 0.171 e. The number of nitrogens with zero attached hydrogens (tertiary/aromatic N) is 2. The van der Waals surface area contributed by atoms with Crippen LogP contribution in [0.1, 0.15) is 5.69 Å². The zero-order valence-electron chi connectivity index (χ0n) is 10.1. The monoisotopic (exact) mass is 292 g/mol. The Balaban J connectivity index is 1.78. The number of anilines is 1. The number of aromatic nitrogens is 2. The van der Waals surface area contributed by atoms with Crippen molar-refractivity contribution >= 4 is 34.7 Å². The molecule has 6 heteroatoms. The molecule has 0 saturated carbocycles. The standard InChI is InChI=1S/C13H13ClN4S/c14-11-5-3-8-16-12(11)18-13(19)17-9-6-10-4-1-2-7-15-10/h1-5,7-8H,6,9H2,(H2,16,17,18,19). The van der Waals surface area contributed by atoms with Gasteiger partial charge in [-0.2, -0.15) is 0 Å². The van der Waals surface area contributed by atoms with E-state index in [4.69, 9.17) is 23.8 Å². The minimum absolute atomic E-state index is 0.497. The Bertz CT molecular complexity index is 547. The minimum Gasteiger partial charge on any atom is -0.362 e. The van der Waals surface area contributed by atoms with E-state index in [-0.39, 0.29) is 0 Å². The van der Waals surface area contributed by atoms with Gasteiger partial charge in [0.05, 0.1) is 5.02 Å². The van der Waals surface area contributed by atoms with Gasteiger partial charge in [-0.05, 0) is 36.5 Å². The Morgan fingerprint density at radius 1 is 1.16 bits per heavy atom. The zero-order chi connectivity index (χ0) is 13.5.